The van der Waals surface area contributed by atoms with Crippen molar-refractivity contribution in [2.75, 3.05) is 13.2 Å². The molecule has 0 aliphatic rings. The summed E-state index contributed by atoms with van der Waals surface area (Å²) in [7, 11) is -4.78. The smallest absolute Gasteiger partial charge is 0.462 e. The SMILES string of the molecule is CCCCC/C=C\C/C=C\CC(O)/C=C\C=C\CCCC(=O)OC[C@H](COP(=O)(O)O)OC(=O)CCCCCCCCCCCCCCCC. The summed E-state index contributed by atoms with van der Waals surface area (Å²) in [5, 5.41) is 10.1. The topological polar surface area (TPSA) is 140 Å². The van der Waals surface area contributed by atoms with Crippen molar-refractivity contribution >= 4 is 19.8 Å². The summed E-state index contributed by atoms with van der Waals surface area (Å²) in [5.74, 6) is -1.01. The number of ether oxygens (including phenoxy) is 2. The molecule has 0 fully saturated rings. The summed E-state index contributed by atoms with van der Waals surface area (Å²) in [5.41, 5.74) is 0. The first kappa shape index (κ1) is 48.0. The van der Waals surface area contributed by atoms with Crippen LogP contribution in [0.1, 0.15) is 168 Å². The summed E-state index contributed by atoms with van der Waals surface area (Å²) < 4.78 is 26.2. The standard InChI is InChI=1S/C40H71O9P/c1-3-5-7-9-11-13-14-15-16-17-19-21-25-30-34-40(43)49-38(36-48-50(44,45)46)35-47-39(42)33-29-26-22-24-28-32-37(41)31-27-23-20-18-12-10-8-6-4-2/h12,18,22-24,27-28,32,37-38,41H,3-11,13-17,19-21,25-26,29-31,33-36H2,1-2H3,(H2,44,45,46)/b18-12-,24-22+,27-23-,32-28-/t37?,38-/m1/s1. The lowest BCUT2D eigenvalue weighted by Gasteiger charge is -2.18. The Bertz CT molecular complexity index is 970. The summed E-state index contributed by atoms with van der Waals surface area (Å²) in [6, 6.07) is 0. The van der Waals surface area contributed by atoms with E-state index in [4.69, 9.17) is 19.3 Å². The van der Waals surface area contributed by atoms with Gasteiger partial charge in [-0.1, -0.05) is 159 Å². The van der Waals surface area contributed by atoms with Crippen LogP contribution in [0.4, 0.5) is 0 Å². The van der Waals surface area contributed by atoms with Gasteiger partial charge in [-0.3, -0.25) is 14.1 Å². The van der Waals surface area contributed by atoms with Crippen LogP contribution in [0.25, 0.3) is 0 Å². The fourth-order valence-corrected chi connectivity index (χ4v) is 5.57. The number of phosphoric ester groups is 1. The van der Waals surface area contributed by atoms with Crippen LogP contribution in [-0.2, 0) is 28.2 Å². The average molecular weight is 727 g/mol. The van der Waals surface area contributed by atoms with E-state index in [2.05, 4.69) is 36.6 Å². The molecule has 3 N–H and O–H groups in total. The van der Waals surface area contributed by atoms with E-state index < -0.39 is 38.6 Å². The molecule has 0 spiro atoms. The Morgan fingerprint density at radius 3 is 1.78 bits per heavy atom. The predicted octanol–water partition coefficient (Wildman–Crippen LogP) is 10.5. The van der Waals surface area contributed by atoms with Gasteiger partial charge in [0.05, 0.1) is 12.7 Å². The lowest BCUT2D eigenvalue weighted by Crippen LogP contribution is -2.29. The number of hydrogen-bond donors (Lipinski definition) is 3. The summed E-state index contributed by atoms with van der Waals surface area (Å²) in [6.45, 7) is 3.52. The minimum atomic E-state index is -4.78. The third-order valence-corrected chi connectivity index (χ3v) is 8.67. The molecule has 0 rings (SSSR count). The van der Waals surface area contributed by atoms with Crippen LogP contribution in [-0.4, -0.2) is 52.3 Å². The molecule has 0 aromatic rings. The van der Waals surface area contributed by atoms with Crippen molar-refractivity contribution in [1.29, 1.82) is 0 Å². The van der Waals surface area contributed by atoms with Gasteiger partial charge in [0, 0.05) is 12.8 Å². The Kier molecular flexibility index (Phi) is 33.9. The predicted molar refractivity (Wildman–Crippen MR) is 204 cm³/mol. The lowest BCUT2D eigenvalue weighted by atomic mass is 10.0. The minimum absolute atomic E-state index is 0.133. The molecule has 9 nitrogen and oxygen atoms in total. The first-order valence-electron chi connectivity index (χ1n) is 19.5. The molecule has 0 aliphatic heterocycles. The van der Waals surface area contributed by atoms with Gasteiger partial charge >= 0.3 is 19.8 Å². The van der Waals surface area contributed by atoms with E-state index >= 15 is 0 Å². The molecule has 2 atom stereocenters. The fourth-order valence-electron chi connectivity index (χ4n) is 5.21. The molecular weight excluding hydrogens is 655 g/mol. The fraction of sp³-hybridized carbons (Fsp3) is 0.750. The quantitative estimate of drug-likeness (QED) is 0.0191. The van der Waals surface area contributed by atoms with E-state index in [0.29, 0.717) is 25.7 Å². The Morgan fingerprint density at radius 2 is 1.16 bits per heavy atom. The van der Waals surface area contributed by atoms with E-state index in [1.165, 1.54) is 83.5 Å². The number of carbonyl (C=O) groups is 2. The van der Waals surface area contributed by atoms with Crippen molar-refractivity contribution in [1.82, 2.24) is 0 Å². The highest BCUT2D eigenvalue weighted by Crippen LogP contribution is 2.36. The van der Waals surface area contributed by atoms with Crippen LogP contribution in [0.5, 0.6) is 0 Å². The number of esters is 2. The van der Waals surface area contributed by atoms with Crippen LogP contribution in [0.2, 0.25) is 0 Å². The second kappa shape index (κ2) is 35.4. The molecule has 0 aromatic carbocycles. The Balaban J connectivity index is 4.14. The van der Waals surface area contributed by atoms with Gasteiger partial charge in [-0.15, -0.1) is 0 Å². The van der Waals surface area contributed by atoms with Gasteiger partial charge in [-0.05, 0) is 44.9 Å². The minimum Gasteiger partial charge on any atom is -0.462 e. The van der Waals surface area contributed by atoms with Gasteiger partial charge in [0.25, 0.3) is 0 Å². The van der Waals surface area contributed by atoms with Crippen molar-refractivity contribution < 1.29 is 43.0 Å². The molecular formula is C40H71O9P. The van der Waals surface area contributed by atoms with Crippen molar-refractivity contribution in [2.24, 2.45) is 0 Å². The zero-order valence-electron chi connectivity index (χ0n) is 31.4. The molecule has 0 saturated carbocycles. The lowest BCUT2D eigenvalue weighted by molar-refractivity contribution is -0.161. The third-order valence-electron chi connectivity index (χ3n) is 8.18. The summed E-state index contributed by atoms with van der Waals surface area (Å²) in [6.07, 6.45) is 38.6. The van der Waals surface area contributed by atoms with Gasteiger partial charge in [0.1, 0.15) is 6.61 Å². The molecule has 10 heteroatoms. The number of carbonyl (C=O) groups excluding carboxylic acids is 2. The van der Waals surface area contributed by atoms with Crippen molar-refractivity contribution in [3.63, 3.8) is 0 Å². The van der Waals surface area contributed by atoms with Crippen molar-refractivity contribution in [3.05, 3.63) is 48.6 Å². The molecule has 0 aliphatic carbocycles. The van der Waals surface area contributed by atoms with Crippen LogP contribution in [0.15, 0.2) is 48.6 Å². The van der Waals surface area contributed by atoms with Crippen molar-refractivity contribution in [2.45, 2.75) is 180 Å². The Labute approximate surface area is 304 Å². The molecule has 0 amide bonds. The van der Waals surface area contributed by atoms with E-state index in [1.807, 2.05) is 18.2 Å². The summed E-state index contributed by atoms with van der Waals surface area (Å²) in [4.78, 5) is 42.7. The molecule has 0 aromatic heterocycles. The Morgan fingerprint density at radius 1 is 0.620 bits per heavy atom. The van der Waals surface area contributed by atoms with E-state index in [9.17, 15) is 19.3 Å². The Hall–Kier alpha value is -2.03. The number of aliphatic hydroxyl groups is 1. The van der Waals surface area contributed by atoms with E-state index in [1.54, 1.807) is 12.2 Å². The van der Waals surface area contributed by atoms with Crippen LogP contribution in [0, 0.1) is 0 Å². The van der Waals surface area contributed by atoms with Gasteiger partial charge in [-0.25, -0.2) is 4.57 Å². The normalized spacial score (nSPS) is 13.6. The number of rotatable bonds is 35. The van der Waals surface area contributed by atoms with Crippen LogP contribution in [0.3, 0.4) is 0 Å². The first-order valence-corrected chi connectivity index (χ1v) is 21.1. The molecule has 50 heavy (non-hydrogen) atoms. The average Bonchev–Trinajstić information content (AvgIpc) is 3.08. The molecule has 0 radical (unpaired) electrons. The maximum Gasteiger partial charge on any atom is 0.469 e. The molecule has 1 unspecified atom stereocenters. The maximum atomic E-state index is 12.4. The van der Waals surface area contributed by atoms with Crippen LogP contribution < -0.4 is 0 Å². The van der Waals surface area contributed by atoms with Crippen LogP contribution >= 0.6 is 7.82 Å². The molecule has 0 heterocycles. The number of aliphatic hydroxyl groups excluding tert-OH is 1. The van der Waals surface area contributed by atoms with Gasteiger partial charge in [-0.2, -0.15) is 0 Å². The number of unbranched alkanes of at least 4 members (excludes halogenated alkanes) is 17. The second-order valence-corrected chi connectivity index (χ2v) is 14.3. The van der Waals surface area contributed by atoms with Gasteiger partial charge < -0.3 is 24.4 Å². The monoisotopic (exact) mass is 726 g/mol. The molecule has 290 valence electrons. The second-order valence-electron chi connectivity index (χ2n) is 13.1. The highest BCUT2D eigenvalue weighted by Gasteiger charge is 2.22. The zero-order chi connectivity index (χ0) is 37.0. The number of allylic oxidation sites excluding steroid dienone is 6. The summed E-state index contributed by atoms with van der Waals surface area (Å²) >= 11 is 0. The number of phosphoric acid groups is 1. The molecule has 0 saturated heterocycles. The first-order chi connectivity index (χ1) is 24.2. The van der Waals surface area contributed by atoms with Gasteiger partial charge in [0.2, 0.25) is 0 Å². The van der Waals surface area contributed by atoms with Crippen molar-refractivity contribution in [3.8, 4) is 0 Å². The maximum absolute atomic E-state index is 12.4. The largest absolute Gasteiger partial charge is 0.469 e. The van der Waals surface area contributed by atoms with E-state index in [-0.39, 0.29) is 19.4 Å². The zero-order valence-corrected chi connectivity index (χ0v) is 32.3. The molecule has 0 bridgehead atoms. The highest BCUT2D eigenvalue weighted by atomic mass is 31.2. The van der Waals surface area contributed by atoms with Gasteiger partial charge in [0.15, 0.2) is 6.10 Å². The highest BCUT2D eigenvalue weighted by molar-refractivity contribution is 7.46. The third kappa shape index (κ3) is 37.2. The number of hydrogen-bond acceptors (Lipinski definition) is 7. The van der Waals surface area contributed by atoms with E-state index in [0.717, 1.165) is 32.1 Å².